The van der Waals surface area contributed by atoms with E-state index < -0.39 is 6.47 Å². The summed E-state index contributed by atoms with van der Waals surface area (Å²) in [5.41, 5.74) is 0. The van der Waals surface area contributed by atoms with E-state index in [4.69, 9.17) is 9.90 Å². The number of carboxylic acid groups (broad SMARTS) is 1. The monoisotopic (exact) mass is 287 g/mol. The molecule has 0 saturated heterocycles. The minimum absolute atomic E-state index is 0.500. The first-order valence-electron chi connectivity index (χ1n) is 8.49. The summed E-state index contributed by atoms with van der Waals surface area (Å²) in [6.45, 7) is 10.6. The van der Waals surface area contributed by atoms with E-state index in [9.17, 15) is 0 Å². The Kier molecular flexibility index (Phi) is 17.9. The molecular weight excluding hydrogens is 250 g/mol. The fourth-order valence-electron chi connectivity index (χ4n) is 2.57. The number of carbonyl (C=O) groups excluding carboxylic acids is 1. The molecule has 0 aromatic rings. The molecule has 0 spiro atoms. The normalized spacial score (nSPS) is 10.8. The van der Waals surface area contributed by atoms with Gasteiger partial charge in [-0.15, -0.1) is 0 Å². The number of nitrogens with zero attached hydrogens (tertiary/aromatic N) is 1. The van der Waals surface area contributed by atoms with Gasteiger partial charge in [0.2, 0.25) is 0 Å². The maximum atomic E-state index is 8.25. The molecule has 0 saturated carbocycles. The number of carbonyl (C=O) groups is 1. The molecule has 0 aliphatic heterocycles. The van der Waals surface area contributed by atoms with Crippen LogP contribution in [0, 0.1) is 0 Å². The lowest BCUT2D eigenvalue weighted by Gasteiger charge is -2.35. The van der Waals surface area contributed by atoms with Crippen molar-refractivity contribution in [2.45, 2.75) is 78.6 Å². The third-order valence-corrected chi connectivity index (χ3v) is 3.90. The van der Waals surface area contributed by atoms with E-state index in [0.717, 1.165) is 0 Å². The number of unbranched alkanes of at least 4 members (excludes halogenated alkanes) is 6. The fraction of sp³-hybridized carbons (Fsp3) is 0.941. The molecule has 0 aromatic carbocycles. The minimum atomic E-state index is -0.500. The lowest BCUT2D eigenvalue weighted by atomic mass is 10.1. The summed E-state index contributed by atoms with van der Waals surface area (Å²) in [5.74, 6) is 0. The maximum Gasteiger partial charge on any atom is 0.0784 e. The quantitative estimate of drug-likeness (QED) is 0.314. The second-order valence-electron chi connectivity index (χ2n) is 6.01. The first kappa shape index (κ1) is 21.7. The summed E-state index contributed by atoms with van der Waals surface area (Å²) in [4.78, 5) is 8.25. The standard InChI is InChI=1S/C16H36N.CH2O2/c1-5-8-11-14-17(4,15-12-9-6-2)16-13-10-7-3;2-1-3/h5-16H2,1-4H3;1H,(H,2,3)/q+1;/p-1. The van der Waals surface area contributed by atoms with Gasteiger partial charge in [0.05, 0.1) is 26.7 Å². The highest BCUT2D eigenvalue weighted by atomic mass is 16.3. The molecule has 0 aromatic heterocycles. The van der Waals surface area contributed by atoms with Crippen LogP contribution in [0.15, 0.2) is 0 Å². The number of hydrogen-bond acceptors (Lipinski definition) is 2. The Bertz CT molecular complexity index is 169. The van der Waals surface area contributed by atoms with Gasteiger partial charge in [0.25, 0.3) is 0 Å². The van der Waals surface area contributed by atoms with Crippen molar-refractivity contribution < 1.29 is 14.4 Å². The molecule has 3 heteroatoms. The van der Waals surface area contributed by atoms with Crippen LogP contribution in [-0.4, -0.2) is 37.6 Å². The van der Waals surface area contributed by atoms with Crippen molar-refractivity contribution in [1.29, 1.82) is 0 Å². The summed E-state index contributed by atoms with van der Waals surface area (Å²) in [6, 6.07) is 0. The molecule has 0 N–H and O–H groups in total. The van der Waals surface area contributed by atoms with Crippen LogP contribution >= 0.6 is 0 Å². The van der Waals surface area contributed by atoms with Gasteiger partial charge in [-0.25, -0.2) is 0 Å². The molecule has 0 heterocycles. The van der Waals surface area contributed by atoms with Gasteiger partial charge in [-0.1, -0.05) is 40.0 Å². The Hall–Kier alpha value is -0.570. The first-order valence-corrected chi connectivity index (χ1v) is 8.49. The SMILES string of the molecule is CCCCC[N+](C)(CCCCC)CCCCC.O=C[O-]. The van der Waals surface area contributed by atoms with Crippen molar-refractivity contribution in [3.8, 4) is 0 Å². The zero-order valence-corrected chi connectivity index (χ0v) is 14.3. The molecule has 0 radical (unpaired) electrons. The van der Waals surface area contributed by atoms with Crippen LogP contribution in [0.5, 0.6) is 0 Å². The van der Waals surface area contributed by atoms with Crippen LogP contribution in [0.4, 0.5) is 0 Å². The molecule has 20 heavy (non-hydrogen) atoms. The van der Waals surface area contributed by atoms with Crippen molar-refractivity contribution in [2.75, 3.05) is 26.7 Å². The lowest BCUT2D eigenvalue weighted by molar-refractivity contribution is -0.910. The van der Waals surface area contributed by atoms with Crippen LogP contribution in [0.25, 0.3) is 0 Å². The Morgan fingerprint density at radius 3 is 1.20 bits per heavy atom. The molecule has 0 aliphatic carbocycles. The van der Waals surface area contributed by atoms with Crippen molar-refractivity contribution in [3.05, 3.63) is 0 Å². The van der Waals surface area contributed by atoms with E-state index >= 15 is 0 Å². The van der Waals surface area contributed by atoms with E-state index in [1.807, 2.05) is 0 Å². The van der Waals surface area contributed by atoms with Gasteiger partial charge < -0.3 is 14.4 Å². The van der Waals surface area contributed by atoms with Gasteiger partial charge in [0.1, 0.15) is 0 Å². The van der Waals surface area contributed by atoms with Crippen molar-refractivity contribution in [3.63, 3.8) is 0 Å². The topological polar surface area (TPSA) is 40.1 Å². The van der Waals surface area contributed by atoms with Crippen LogP contribution < -0.4 is 5.11 Å². The van der Waals surface area contributed by atoms with E-state index in [2.05, 4.69) is 27.8 Å². The predicted octanol–water partition coefficient (Wildman–Crippen LogP) is 3.37. The summed E-state index contributed by atoms with van der Waals surface area (Å²) in [7, 11) is 2.49. The van der Waals surface area contributed by atoms with Gasteiger partial charge in [-0.2, -0.15) is 0 Å². The number of rotatable bonds is 12. The molecule has 0 unspecified atom stereocenters. The largest absolute Gasteiger partial charge is 0.554 e. The molecule has 0 amide bonds. The van der Waals surface area contributed by atoms with E-state index in [1.54, 1.807) is 0 Å². The van der Waals surface area contributed by atoms with Crippen molar-refractivity contribution in [1.82, 2.24) is 0 Å². The highest BCUT2D eigenvalue weighted by molar-refractivity contribution is 5.29. The Morgan fingerprint density at radius 2 is 1.00 bits per heavy atom. The Balaban J connectivity index is 0. The Labute approximate surface area is 127 Å². The van der Waals surface area contributed by atoms with Crippen LogP contribution in [0.1, 0.15) is 78.6 Å². The lowest BCUT2D eigenvalue weighted by Crippen LogP contribution is -2.46. The van der Waals surface area contributed by atoms with Gasteiger partial charge in [0.15, 0.2) is 0 Å². The van der Waals surface area contributed by atoms with Gasteiger partial charge in [0, 0.05) is 6.47 Å². The zero-order valence-electron chi connectivity index (χ0n) is 14.3. The highest BCUT2D eigenvalue weighted by Crippen LogP contribution is 2.13. The molecule has 0 aliphatic rings. The Morgan fingerprint density at radius 1 is 0.750 bits per heavy atom. The van der Waals surface area contributed by atoms with Crippen LogP contribution in [-0.2, 0) is 4.79 Å². The van der Waals surface area contributed by atoms with Gasteiger partial charge >= 0.3 is 0 Å². The van der Waals surface area contributed by atoms with Crippen molar-refractivity contribution in [2.24, 2.45) is 0 Å². The third kappa shape index (κ3) is 15.5. The summed E-state index contributed by atoms with van der Waals surface area (Å²) < 4.78 is 1.33. The summed E-state index contributed by atoms with van der Waals surface area (Å²) in [6.07, 6.45) is 12.6. The third-order valence-electron chi connectivity index (χ3n) is 3.90. The summed E-state index contributed by atoms with van der Waals surface area (Å²) in [5, 5.41) is 8.25. The van der Waals surface area contributed by atoms with E-state index in [1.165, 1.54) is 81.9 Å². The van der Waals surface area contributed by atoms with Crippen molar-refractivity contribution >= 4 is 6.47 Å². The fourth-order valence-corrected chi connectivity index (χ4v) is 2.57. The molecule has 122 valence electrons. The first-order chi connectivity index (χ1) is 9.60. The number of hydrogen-bond donors (Lipinski definition) is 0. The van der Waals surface area contributed by atoms with Crippen LogP contribution in [0.2, 0.25) is 0 Å². The second-order valence-corrected chi connectivity index (χ2v) is 6.01. The van der Waals surface area contributed by atoms with Gasteiger partial charge in [-0.3, -0.25) is 0 Å². The average molecular weight is 287 g/mol. The average Bonchev–Trinajstić information content (AvgIpc) is 2.41. The van der Waals surface area contributed by atoms with Gasteiger partial charge in [-0.05, 0) is 38.5 Å². The smallest absolute Gasteiger partial charge is 0.0784 e. The molecule has 3 nitrogen and oxygen atoms in total. The summed E-state index contributed by atoms with van der Waals surface area (Å²) >= 11 is 0. The second kappa shape index (κ2) is 16.5. The molecule has 0 bridgehead atoms. The molecule has 0 atom stereocenters. The zero-order chi connectivity index (χ0) is 15.7. The maximum absolute atomic E-state index is 8.25. The van der Waals surface area contributed by atoms with E-state index in [0.29, 0.717) is 0 Å². The molecule has 0 rings (SSSR count). The van der Waals surface area contributed by atoms with Crippen LogP contribution in [0.3, 0.4) is 0 Å². The highest BCUT2D eigenvalue weighted by Gasteiger charge is 2.19. The number of quaternary nitrogens is 1. The van der Waals surface area contributed by atoms with E-state index in [-0.39, 0.29) is 0 Å². The predicted molar refractivity (Wildman–Crippen MR) is 85.4 cm³/mol. The molecular formula is C17H37NO2. The minimum Gasteiger partial charge on any atom is -0.554 e. The molecule has 0 fully saturated rings.